The van der Waals surface area contributed by atoms with Crippen molar-refractivity contribution >= 4 is 0 Å². The lowest BCUT2D eigenvalue weighted by atomic mass is 9.93. The molecule has 0 rings (SSSR count). The number of rotatable bonds is 11. The molecular weight excluding hydrogens is 210 g/mol. The van der Waals surface area contributed by atoms with Gasteiger partial charge in [-0.3, -0.25) is 0 Å². The van der Waals surface area contributed by atoms with Gasteiger partial charge < -0.3 is 25.0 Å². The van der Waals surface area contributed by atoms with Crippen molar-refractivity contribution in [1.29, 1.82) is 0 Å². The summed E-state index contributed by atoms with van der Waals surface area (Å²) in [5.74, 6) is 0. The van der Waals surface area contributed by atoms with Crippen molar-refractivity contribution in [2.45, 2.75) is 13.3 Å². The van der Waals surface area contributed by atoms with Crippen molar-refractivity contribution in [3.63, 3.8) is 0 Å². The van der Waals surface area contributed by atoms with Crippen molar-refractivity contribution in [2.75, 3.05) is 53.2 Å². The highest BCUT2D eigenvalue weighted by atomic mass is 16.5. The van der Waals surface area contributed by atoms with E-state index in [4.69, 9.17) is 19.7 Å². The third-order valence-electron chi connectivity index (χ3n) is 2.39. The second kappa shape index (κ2) is 9.99. The lowest BCUT2D eigenvalue weighted by Gasteiger charge is -2.24. The first-order chi connectivity index (χ1) is 7.68. The predicted molar refractivity (Wildman–Crippen MR) is 62.5 cm³/mol. The van der Waals surface area contributed by atoms with Crippen LogP contribution < -0.4 is 5.32 Å². The molecule has 0 atom stereocenters. The van der Waals surface area contributed by atoms with Crippen LogP contribution >= 0.6 is 0 Å². The van der Waals surface area contributed by atoms with Crippen LogP contribution in [-0.2, 0) is 9.47 Å². The first-order valence-electron chi connectivity index (χ1n) is 5.67. The summed E-state index contributed by atoms with van der Waals surface area (Å²) in [5.41, 5.74) is -0.434. The zero-order valence-electron chi connectivity index (χ0n) is 10.4. The van der Waals surface area contributed by atoms with E-state index in [1.54, 1.807) is 7.11 Å². The van der Waals surface area contributed by atoms with Crippen molar-refractivity contribution in [3.8, 4) is 0 Å². The molecule has 0 aliphatic heterocycles. The zero-order valence-corrected chi connectivity index (χ0v) is 10.4. The van der Waals surface area contributed by atoms with E-state index < -0.39 is 5.41 Å². The molecule has 0 radical (unpaired) electrons. The lowest BCUT2D eigenvalue weighted by Crippen LogP contribution is -2.38. The molecule has 5 nitrogen and oxygen atoms in total. The molecule has 0 saturated heterocycles. The van der Waals surface area contributed by atoms with Crippen molar-refractivity contribution in [1.82, 2.24) is 5.32 Å². The minimum Gasteiger partial charge on any atom is -0.396 e. The second-order valence-electron chi connectivity index (χ2n) is 4.26. The first-order valence-corrected chi connectivity index (χ1v) is 5.67. The summed E-state index contributed by atoms with van der Waals surface area (Å²) in [7, 11) is 1.65. The maximum atomic E-state index is 9.05. The maximum absolute atomic E-state index is 9.05. The van der Waals surface area contributed by atoms with Gasteiger partial charge in [-0.25, -0.2) is 0 Å². The molecule has 0 aromatic heterocycles. The van der Waals surface area contributed by atoms with Gasteiger partial charge in [-0.2, -0.15) is 0 Å². The van der Waals surface area contributed by atoms with Gasteiger partial charge >= 0.3 is 0 Å². The molecule has 0 spiro atoms. The fourth-order valence-electron chi connectivity index (χ4n) is 1.10. The number of aliphatic hydroxyl groups excluding tert-OH is 2. The Labute approximate surface area is 97.8 Å². The molecule has 5 heteroatoms. The zero-order chi connectivity index (χ0) is 12.3. The Bertz CT molecular complexity index is 151. The number of hydrogen-bond acceptors (Lipinski definition) is 5. The average Bonchev–Trinajstić information content (AvgIpc) is 2.32. The fourth-order valence-corrected chi connectivity index (χ4v) is 1.10. The van der Waals surface area contributed by atoms with E-state index in [2.05, 4.69) is 5.32 Å². The molecule has 0 aromatic carbocycles. The van der Waals surface area contributed by atoms with Gasteiger partial charge in [0.05, 0.1) is 26.4 Å². The van der Waals surface area contributed by atoms with Crippen molar-refractivity contribution < 1.29 is 19.7 Å². The van der Waals surface area contributed by atoms with E-state index in [9.17, 15) is 0 Å². The Morgan fingerprint density at radius 1 is 1.12 bits per heavy atom. The van der Waals surface area contributed by atoms with E-state index in [1.165, 1.54) is 0 Å². The Balaban J connectivity index is 3.26. The van der Waals surface area contributed by atoms with E-state index in [-0.39, 0.29) is 13.2 Å². The van der Waals surface area contributed by atoms with Crippen LogP contribution in [0.15, 0.2) is 0 Å². The van der Waals surface area contributed by atoms with Crippen LogP contribution in [0.1, 0.15) is 13.3 Å². The van der Waals surface area contributed by atoms with Crippen LogP contribution in [0.5, 0.6) is 0 Å². The number of hydrogen-bond donors (Lipinski definition) is 3. The van der Waals surface area contributed by atoms with Crippen LogP contribution in [0, 0.1) is 5.41 Å². The fraction of sp³-hybridized carbons (Fsp3) is 1.00. The van der Waals surface area contributed by atoms with Crippen molar-refractivity contribution in [2.24, 2.45) is 5.41 Å². The molecule has 0 heterocycles. The molecule has 0 bridgehead atoms. The highest BCUT2D eigenvalue weighted by molar-refractivity contribution is 4.74. The predicted octanol–water partition coefficient (Wildman–Crippen LogP) is -0.380. The largest absolute Gasteiger partial charge is 0.396 e. The van der Waals surface area contributed by atoms with Gasteiger partial charge in [0.2, 0.25) is 0 Å². The van der Waals surface area contributed by atoms with E-state index in [0.717, 1.165) is 13.0 Å². The van der Waals surface area contributed by atoms with Crippen LogP contribution in [0.2, 0.25) is 0 Å². The third kappa shape index (κ3) is 8.01. The maximum Gasteiger partial charge on any atom is 0.0700 e. The van der Waals surface area contributed by atoms with E-state index in [1.807, 2.05) is 6.92 Å². The molecule has 0 aliphatic rings. The van der Waals surface area contributed by atoms with Crippen LogP contribution in [0.3, 0.4) is 0 Å². The van der Waals surface area contributed by atoms with Gasteiger partial charge in [0.25, 0.3) is 0 Å². The summed E-state index contributed by atoms with van der Waals surface area (Å²) < 4.78 is 10.1. The summed E-state index contributed by atoms with van der Waals surface area (Å²) in [6, 6.07) is 0. The summed E-state index contributed by atoms with van der Waals surface area (Å²) >= 11 is 0. The Morgan fingerprint density at radius 2 is 1.81 bits per heavy atom. The molecule has 0 saturated carbocycles. The van der Waals surface area contributed by atoms with Gasteiger partial charge in [0.1, 0.15) is 0 Å². The quantitative estimate of drug-likeness (QED) is 0.426. The SMILES string of the molecule is COCCOCCCNCC(C)(CO)CO. The van der Waals surface area contributed by atoms with Crippen molar-refractivity contribution in [3.05, 3.63) is 0 Å². The third-order valence-corrected chi connectivity index (χ3v) is 2.39. The normalized spacial score (nSPS) is 12.0. The standard InChI is InChI=1S/C11H25NO4/c1-11(9-13,10-14)8-12-4-3-5-16-7-6-15-2/h12-14H,3-10H2,1-2H3. The van der Waals surface area contributed by atoms with Gasteiger partial charge in [-0.1, -0.05) is 6.92 Å². The molecule has 0 unspecified atom stereocenters. The number of nitrogens with one attached hydrogen (secondary N) is 1. The summed E-state index contributed by atoms with van der Waals surface area (Å²) in [5, 5.41) is 21.3. The number of methoxy groups -OCH3 is 1. The Kier molecular flexibility index (Phi) is 9.86. The summed E-state index contributed by atoms with van der Waals surface area (Å²) in [6.07, 6.45) is 0.913. The molecule has 0 fully saturated rings. The molecule has 0 aromatic rings. The first kappa shape index (κ1) is 15.8. The Hall–Kier alpha value is -0.200. The molecule has 3 N–H and O–H groups in total. The average molecular weight is 235 g/mol. The molecular formula is C11H25NO4. The van der Waals surface area contributed by atoms with Crippen LogP contribution in [0.25, 0.3) is 0 Å². The summed E-state index contributed by atoms with van der Waals surface area (Å²) in [4.78, 5) is 0. The number of ether oxygens (including phenoxy) is 2. The minimum absolute atomic E-state index is 0.0131. The van der Waals surface area contributed by atoms with Gasteiger partial charge in [-0.15, -0.1) is 0 Å². The highest BCUT2D eigenvalue weighted by Crippen LogP contribution is 2.11. The molecule has 0 amide bonds. The van der Waals surface area contributed by atoms with Gasteiger partial charge in [0, 0.05) is 25.7 Å². The molecule has 98 valence electrons. The van der Waals surface area contributed by atoms with Crippen LogP contribution in [-0.4, -0.2) is 63.4 Å². The smallest absolute Gasteiger partial charge is 0.0700 e. The minimum atomic E-state index is -0.434. The second-order valence-corrected chi connectivity index (χ2v) is 4.26. The topological polar surface area (TPSA) is 71.0 Å². The number of aliphatic hydroxyl groups is 2. The Morgan fingerprint density at radius 3 is 2.38 bits per heavy atom. The molecule has 0 aliphatic carbocycles. The van der Waals surface area contributed by atoms with Gasteiger partial charge in [-0.05, 0) is 13.0 Å². The summed E-state index contributed by atoms with van der Waals surface area (Å²) in [6.45, 7) is 5.20. The van der Waals surface area contributed by atoms with Crippen LogP contribution in [0.4, 0.5) is 0 Å². The lowest BCUT2D eigenvalue weighted by molar-refractivity contribution is 0.0628. The monoisotopic (exact) mass is 235 g/mol. The van der Waals surface area contributed by atoms with E-state index in [0.29, 0.717) is 26.4 Å². The highest BCUT2D eigenvalue weighted by Gasteiger charge is 2.21. The molecule has 16 heavy (non-hydrogen) atoms. The van der Waals surface area contributed by atoms with E-state index >= 15 is 0 Å². The van der Waals surface area contributed by atoms with Gasteiger partial charge in [0.15, 0.2) is 0 Å².